The van der Waals surface area contributed by atoms with Crippen LogP contribution < -0.4 is 0 Å². The number of benzene rings is 2. The number of carbonyl (C=O) groups is 1. The summed E-state index contributed by atoms with van der Waals surface area (Å²) in [6.45, 7) is 9.16. The quantitative estimate of drug-likeness (QED) is 0.483. The molecule has 0 radical (unpaired) electrons. The zero-order valence-electron chi connectivity index (χ0n) is 18.4. The van der Waals surface area contributed by atoms with Crippen molar-refractivity contribution in [1.29, 1.82) is 0 Å². The first-order chi connectivity index (χ1) is 15.6. The molecule has 1 aliphatic rings. The van der Waals surface area contributed by atoms with Gasteiger partial charge in [-0.25, -0.2) is 0 Å². The highest BCUT2D eigenvalue weighted by molar-refractivity contribution is 8.00. The Kier molecular flexibility index (Phi) is 7.50. The van der Waals surface area contributed by atoms with E-state index < -0.39 is 0 Å². The van der Waals surface area contributed by atoms with Gasteiger partial charge in [-0.3, -0.25) is 9.36 Å². The lowest BCUT2D eigenvalue weighted by molar-refractivity contribution is -0.132. The van der Waals surface area contributed by atoms with Crippen LogP contribution in [0.3, 0.4) is 0 Å². The SMILES string of the molecule is CCN1CCN(C(=O)C(C)Sc2nnc(-c3ccccc3Cl)n2Cc2ccccc2)CC1. The molecule has 1 aromatic heterocycles. The van der Waals surface area contributed by atoms with Crippen molar-refractivity contribution in [3.05, 3.63) is 65.2 Å². The highest BCUT2D eigenvalue weighted by Gasteiger charge is 2.27. The topological polar surface area (TPSA) is 54.3 Å². The average Bonchev–Trinajstić information content (AvgIpc) is 3.21. The lowest BCUT2D eigenvalue weighted by Gasteiger charge is -2.35. The number of aromatic nitrogens is 3. The normalized spacial score (nSPS) is 15.7. The number of amides is 1. The number of halogens is 1. The Morgan fingerprint density at radius 2 is 1.72 bits per heavy atom. The highest BCUT2D eigenvalue weighted by atomic mass is 35.5. The van der Waals surface area contributed by atoms with Crippen LogP contribution in [0.2, 0.25) is 5.02 Å². The molecule has 4 rings (SSSR count). The van der Waals surface area contributed by atoms with Crippen molar-refractivity contribution < 1.29 is 4.79 Å². The summed E-state index contributed by atoms with van der Waals surface area (Å²) >= 11 is 7.93. The molecule has 6 nitrogen and oxygen atoms in total. The summed E-state index contributed by atoms with van der Waals surface area (Å²) in [5, 5.41) is 10.0. The summed E-state index contributed by atoms with van der Waals surface area (Å²) < 4.78 is 2.06. The van der Waals surface area contributed by atoms with Gasteiger partial charge in [0.2, 0.25) is 5.91 Å². The van der Waals surface area contributed by atoms with Crippen LogP contribution in [0.5, 0.6) is 0 Å². The Morgan fingerprint density at radius 3 is 2.41 bits per heavy atom. The molecular formula is C24H28ClN5OS. The minimum Gasteiger partial charge on any atom is -0.339 e. The van der Waals surface area contributed by atoms with Gasteiger partial charge in [-0.05, 0) is 31.2 Å². The van der Waals surface area contributed by atoms with Gasteiger partial charge in [-0.1, -0.05) is 72.8 Å². The van der Waals surface area contributed by atoms with Crippen molar-refractivity contribution in [2.75, 3.05) is 32.7 Å². The number of nitrogens with zero attached hydrogens (tertiary/aromatic N) is 5. The molecule has 1 atom stereocenters. The van der Waals surface area contributed by atoms with E-state index >= 15 is 0 Å². The third kappa shape index (κ3) is 5.17. The maximum Gasteiger partial charge on any atom is 0.235 e. The van der Waals surface area contributed by atoms with E-state index in [1.165, 1.54) is 11.8 Å². The molecule has 3 aromatic rings. The molecule has 8 heteroatoms. The first-order valence-corrected chi connectivity index (χ1v) is 12.2. The molecule has 0 bridgehead atoms. The number of thioether (sulfide) groups is 1. The molecule has 2 aromatic carbocycles. The van der Waals surface area contributed by atoms with Gasteiger partial charge in [-0.2, -0.15) is 0 Å². The molecule has 168 valence electrons. The zero-order chi connectivity index (χ0) is 22.5. The summed E-state index contributed by atoms with van der Waals surface area (Å²) in [5.41, 5.74) is 1.97. The summed E-state index contributed by atoms with van der Waals surface area (Å²) in [7, 11) is 0. The number of hydrogen-bond donors (Lipinski definition) is 0. The van der Waals surface area contributed by atoms with Crippen molar-refractivity contribution in [3.8, 4) is 11.4 Å². The monoisotopic (exact) mass is 469 g/mol. The predicted octanol–water partition coefficient (Wildman–Crippen LogP) is 4.29. The van der Waals surface area contributed by atoms with Gasteiger partial charge in [-0.15, -0.1) is 10.2 Å². The molecule has 0 spiro atoms. The van der Waals surface area contributed by atoms with E-state index in [1.54, 1.807) is 0 Å². The zero-order valence-corrected chi connectivity index (χ0v) is 20.0. The van der Waals surface area contributed by atoms with E-state index in [4.69, 9.17) is 11.6 Å². The predicted molar refractivity (Wildman–Crippen MR) is 130 cm³/mol. The summed E-state index contributed by atoms with van der Waals surface area (Å²) in [6, 6.07) is 17.8. The molecule has 0 N–H and O–H groups in total. The standard InChI is InChI=1S/C24H28ClN5OS/c1-3-28-13-15-29(16-14-28)23(31)18(2)32-24-27-26-22(20-11-7-8-12-21(20)25)30(24)17-19-9-5-4-6-10-19/h4-12,18H,3,13-17H2,1-2H3. The van der Waals surface area contributed by atoms with Crippen LogP contribution in [-0.2, 0) is 11.3 Å². The largest absolute Gasteiger partial charge is 0.339 e. The average molecular weight is 470 g/mol. The van der Waals surface area contributed by atoms with Crippen LogP contribution in [0.4, 0.5) is 0 Å². The summed E-state index contributed by atoms with van der Waals surface area (Å²) in [4.78, 5) is 17.4. The van der Waals surface area contributed by atoms with Crippen molar-refractivity contribution in [1.82, 2.24) is 24.6 Å². The second kappa shape index (κ2) is 10.5. The second-order valence-electron chi connectivity index (χ2n) is 7.88. The Labute approximate surface area is 198 Å². The van der Waals surface area contributed by atoms with E-state index in [9.17, 15) is 4.79 Å². The molecule has 2 heterocycles. The van der Waals surface area contributed by atoms with E-state index in [2.05, 4.69) is 38.7 Å². The smallest absolute Gasteiger partial charge is 0.235 e. The van der Waals surface area contributed by atoms with Crippen LogP contribution in [0, 0.1) is 0 Å². The van der Waals surface area contributed by atoms with Crippen LogP contribution in [0.1, 0.15) is 19.4 Å². The molecule has 1 fully saturated rings. The van der Waals surface area contributed by atoms with E-state index in [0.29, 0.717) is 17.4 Å². The minimum atomic E-state index is -0.249. The minimum absolute atomic E-state index is 0.152. The Bertz CT molecular complexity index is 1050. The molecule has 0 aliphatic carbocycles. The number of carbonyl (C=O) groups excluding carboxylic acids is 1. The highest BCUT2D eigenvalue weighted by Crippen LogP contribution is 2.31. The van der Waals surface area contributed by atoms with Gasteiger partial charge in [0.05, 0.1) is 16.8 Å². The molecule has 1 aliphatic heterocycles. The van der Waals surface area contributed by atoms with E-state index in [0.717, 1.165) is 49.0 Å². The van der Waals surface area contributed by atoms with Crippen molar-refractivity contribution in [2.24, 2.45) is 0 Å². The fraction of sp³-hybridized carbons (Fsp3) is 0.375. The van der Waals surface area contributed by atoms with Gasteiger partial charge in [0.1, 0.15) is 0 Å². The number of likely N-dealkylation sites (N-methyl/N-ethyl adjacent to an activating group) is 1. The third-order valence-corrected chi connectivity index (χ3v) is 7.17. The molecule has 32 heavy (non-hydrogen) atoms. The molecule has 1 saturated heterocycles. The molecule has 1 amide bonds. The van der Waals surface area contributed by atoms with Crippen LogP contribution in [0.15, 0.2) is 59.8 Å². The number of hydrogen-bond acceptors (Lipinski definition) is 5. The van der Waals surface area contributed by atoms with Gasteiger partial charge in [0.25, 0.3) is 0 Å². The van der Waals surface area contributed by atoms with Gasteiger partial charge >= 0.3 is 0 Å². The van der Waals surface area contributed by atoms with Crippen LogP contribution >= 0.6 is 23.4 Å². The Balaban J connectivity index is 1.58. The maximum absolute atomic E-state index is 13.1. The van der Waals surface area contributed by atoms with E-state index in [1.807, 2.05) is 54.3 Å². The third-order valence-electron chi connectivity index (χ3n) is 5.78. The van der Waals surface area contributed by atoms with Crippen molar-refractivity contribution >= 4 is 29.3 Å². The first-order valence-electron chi connectivity index (χ1n) is 11.0. The Morgan fingerprint density at radius 1 is 1.03 bits per heavy atom. The number of rotatable bonds is 7. The second-order valence-corrected chi connectivity index (χ2v) is 9.59. The van der Waals surface area contributed by atoms with Gasteiger partial charge in [0, 0.05) is 31.7 Å². The fourth-order valence-corrected chi connectivity index (χ4v) is 5.03. The number of piperazine rings is 1. The van der Waals surface area contributed by atoms with Crippen molar-refractivity contribution in [3.63, 3.8) is 0 Å². The lowest BCUT2D eigenvalue weighted by Crippen LogP contribution is -2.50. The van der Waals surface area contributed by atoms with Crippen LogP contribution in [-0.4, -0.2) is 68.4 Å². The molecule has 1 unspecified atom stereocenters. The van der Waals surface area contributed by atoms with Crippen LogP contribution in [0.25, 0.3) is 11.4 Å². The van der Waals surface area contributed by atoms with Gasteiger partial charge < -0.3 is 9.80 Å². The first kappa shape index (κ1) is 22.8. The molecular weight excluding hydrogens is 442 g/mol. The molecule has 0 saturated carbocycles. The Hall–Kier alpha value is -2.35. The lowest BCUT2D eigenvalue weighted by atomic mass is 10.2. The van der Waals surface area contributed by atoms with Gasteiger partial charge in [0.15, 0.2) is 11.0 Å². The van der Waals surface area contributed by atoms with Crippen molar-refractivity contribution in [2.45, 2.75) is 30.8 Å². The maximum atomic E-state index is 13.1. The summed E-state index contributed by atoms with van der Waals surface area (Å²) in [5.74, 6) is 0.859. The fourth-order valence-electron chi connectivity index (χ4n) is 3.88. The summed E-state index contributed by atoms with van der Waals surface area (Å²) in [6.07, 6.45) is 0. The van der Waals surface area contributed by atoms with E-state index in [-0.39, 0.29) is 11.2 Å².